The number of hydrogen-bond acceptors (Lipinski definition) is 6. The van der Waals surface area contributed by atoms with Gasteiger partial charge < -0.3 is 14.5 Å². The molecule has 0 aliphatic carbocycles. The second-order valence-electron chi connectivity index (χ2n) is 7.32. The van der Waals surface area contributed by atoms with Crippen molar-refractivity contribution in [2.75, 3.05) is 5.32 Å². The molecular weight excluding hydrogens is 392 g/mol. The van der Waals surface area contributed by atoms with E-state index in [0.29, 0.717) is 23.7 Å². The minimum Gasteiger partial charge on any atom is -0.488 e. The number of hydrogen-bond donors (Lipinski definition) is 1. The summed E-state index contributed by atoms with van der Waals surface area (Å²) in [6, 6.07) is 13.1. The van der Waals surface area contributed by atoms with Gasteiger partial charge in [-0.05, 0) is 67.8 Å². The predicted octanol–water partition coefficient (Wildman–Crippen LogP) is 4.89. The molecule has 0 spiro atoms. The van der Waals surface area contributed by atoms with Crippen molar-refractivity contribution in [1.82, 2.24) is 15.2 Å². The van der Waals surface area contributed by atoms with Crippen LogP contribution in [0.4, 0.5) is 5.69 Å². The van der Waals surface area contributed by atoms with Crippen LogP contribution in [0.5, 0.6) is 5.75 Å². The molecule has 2 aromatic carbocycles. The lowest BCUT2D eigenvalue weighted by molar-refractivity contribution is 0.102. The molecule has 156 valence electrons. The van der Waals surface area contributed by atoms with Gasteiger partial charge in [-0.25, -0.2) is 0 Å². The molecule has 0 saturated carbocycles. The first-order valence-electron chi connectivity index (χ1n) is 9.83. The first-order chi connectivity index (χ1) is 15.0. The van der Waals surface area contributed by atoms with Gasteiger partial charge in [-0.1, -0.05) is 12.1 Å². The molecule has 31 heavy (non-hydrogen) atoms. The molecule has 0 atom stereocenters. The number of pyridine rings is 1. The van der Waals surface area contributed by atoms with Crippen LogP contribution in [-0.2, 0) is 6.61 Å². The van der Waals surface area contributed by atoms with E-state index in [1.54, 1.807) is 12.4 Å². The fourth-order valence-corrected chi connectivity index (χ4v) is 3.33. The van der Waals surface area contributed by atoms with Gasteiger partial charge in [0, 0.05) is 34.8 Å². The van der Waals surface area contributed by atoms with Crippen LogP contribution in [0.25, 0.3) is 11.5 Å². The van der Waals surface area contributed by atoms with Gasteiger partial charge in [0.05, 0.1) is 0 Å². The average molecular weight is 414 g/mol. The summed E-state index contributed by atoms with van der Waals surface area (Å²) in [5.41, 5.74) is 5.70. The Hall–Kier alpha value is -4.00. The lowest BCUT2D eigenvalue weighted by Gasteiger charge is -2.15. The maximum atomic E-state index is 12.9. The summed E-state index contributed by atoms with van der Waals surface area (Å²) >= 11 is 0. The molecule has 4 aromatic rings. The zero-order valence-corrected chi connectivity index (χ0v) is 17.5. The number of carbonyl (C=O) groups excluding carboxylic acids is 1. The second kappa shape index (κ2) is 8.79. The Bertz CT molecular complexity index is 1180. The average Bonchev–Trinajstić information content (AvgIpc) is 3.30. The lowest BCUT2D eigenvalue weighted by atomic mass is 10.0. The standard InChI is InChI=1S/C24H22N4O3/c1-15-6-7-19(24-28-26-14-31-24)11-21(15)27-23(29)20-9-16(2)22(17(3)10-20)30-13-18-5-4-8-25-12-18/h4-12,14H,13H2,1-3H3,(H,27,29). The summed E-state index contributed by atoms with van der Waals surface area (Å²) in [4.78, 5) is 17.0. The minimum atomic E-state index is -0.198. The fraction of sp³-hybridized carbons (Fsp3) is 0.167. The van der Waals surface area contributed by atoms with Crippen molar-refractivity contribution in [2.24, 2.45) is 0 Å². The zero-order valence-electron chi connectivity index (χ0n) is 17.5. The normalized spacial score (nSPS) is 10.7. The maximum absolute atomic E-state index is 12.9. The third kappa shape index (κ3) is 4.61. The van der Waals surface area contributed by atoms with Crippen LogP contribution >= 0.6 is 0 Å². The summed E-state index contributed by atoms with van der Waals surface area (Å²) in [5.74, 6) is 0.975. The van der Waals surface area contributed by atoms with Crippen molar-refractivity contribution in [2.45, 2.75) is 27.4 Å². The van der Waals surface area contributed by atoms with Crippen LogP contribution in [-0.4, -0.2) is 21.1 Å². The second-order valence-corrected chi connectivity index (χ2v) is 7.32. The van der Waals surface area contributed by atoms with Crippen LogP contribution < -0.4 is 10.1 Å². The number of aryl methyl sites for hydroxylation is 3. The number of nitrogens with one attached hydrogen (secondary N) is 1. The monoisotopic (exact) mass is 414 g/mol. The van der Waals surface area contributed by atoms with E-state index in [0.717, 1.165) is 33.6 Å². The molecule has 0 bridgehead atoms. The van der Waals surface area contributed by atoms with Gasteiger partial charge in [-0.3, -0.25) is 9.78 Å². The van der Waals surface area contributed by atoms with E-state index in [4.69, 9.17) is 9.15 Å². The molecule has 7 heteroatoms. The van der Waals surface area contributed by atoms with E-state index in [9.17, 15) is 4.79 Å². The molecule has 0 fully saturated rings. The van der Waals surface area contributed by atoms with Gasteiger partial charge in [0.1, 0.15) is 12.4 Å². The quantitative estimate of drug-likeness (QED) is 0.483. The molecule has 0 unspecified atom stereocenters. The molecule has 0 radical (unpaired) electrons. The molecule has 2 aromatic heterocycles. The highest BCUT2D eigenvalue weighted by Gasteiger charge is 2.14. The van der Waals surface area contributed by atoms with Gasteiger partial charge in [0.25, 0.3) is 5.91 Å². The number of rotatable bonds is 6. The summed E-state index contributed by atoms with van der Waals surface area (Å²) < 4.78 is 11.2. The van der Waals surface area contributed by atoms with E-state index in [2.05, 4.69) is 20.5 Å². The van der Waals surface area contributed by atoms with E-state index in [1.807, 2.05) is 63.2 Å². The molecule has 1 N–H and O–H groups in total. The minimum absolute atomic E-state index is 0.198. The molecule has 0 aliphatic rings. The zero-order chi connectivity index (χ0) is 21.8. The number of benzene rings is 2. The van der Waals surface area contributed by atoms with E-state index < -0.39 is 0 Å². The maximum Gasteiger partial charge on any atom is 0.255 e. The fourth-order valence-electron chi connectivity index (χ4n) is 3.33. The molecule has 0 saturated heterocycles. The molecule has 2 heterocycles. The number of anilines is 1. The Balaban J connectivity index is 1.52. The largest absolute Gasteiger partial charge is 0.488 e. The van der Waals surface area contributed by atoms with Crippen LogP contribution in [0, 0.1) is 20.8 Å². The highest BCUT2D eigenvalue weighted by Crippen LogP contribution is 2.28. The third-order valence-electron chi connectivity index (χ3n) is 4.92. The van der Waals surface area contributed by atoms with Crippen molar-refractivity contribution >= 4 is 11.6 Å². The number of carbonyl (C=O) groups is 1. The van der Waals surface area contributed by atoms with Gasteiger partial charge in [-0.2, -0.15) is 0 Å². The van der Waals surface area contributed by atoms with Crippen molar-refractivity contribution in [3.05, 3.63) is 89.1 Å². The van der Waals surface area contributed by atoms with Crippen molar-refractivity contribution in [1.29, 1.82) is 0 Å². The number of aromatic nitrogens is 3. The van der Waals surface area contributed by atoms with E-state index >= 15 is 0 Å². The summed E-state index contributed by atoms with van der Waals surface area (Å²) in [5, 5.41) is 10.6. The van der Waals surface area contributed by atoms with Gasteiger partial charge in [0.2, 0.25) is 12.3 Å². The number of amides is 1. The highest BCUT2D eigenvalue weighted by atomic mass is 16.5. The summed E-state index contributed by atoms with van der Waals surface area (Å²) in [7, 11) is 0. The number of ether oxygens (including phenoxy) is 1. The lowest BCUT2D eigenvalue weighted by Crippen LogP contribution is -2.14. The molecule has 0 aliphatic heterocycles. The molecule has 1 amide bonds. The summed E-state index contributed by atoms with van der Waals surface area (Å²) in [6.45, 7) is 6.22. The SMILES string of the molecule is Cc1ccc(-c2nnco2)cc1NC(=O)c1cc(C)c(OCc2cccnc2)c(C)c1. The van der Waals surface area contributed by atoms with Crippen LogP contribution in [0.15, 0.2) is 65.7 Å². The number of nitrogens with zero attached hydrogens (tertiary/aromatic N) is 3. The Morgan fingerprint density at radius 1 is 1.06 bits per heavy atom. The van der Waals surface area contributed by atoms with Crippen LogP contribution in [0.3, 0.4) is 0 Å². The van der Waals surface area contributed by atoms with Crippen LogP contribution in [0.1, 0.15) is 32.6 Å². The van der Waals surface area contributed by atoms with Gasteiger partial charge in [0.15, 0.2) is 0 Å². The Labute approximate surface area is 180 Å². The smallest absolute Gasteiger partial charge is 0.255 e. The molecular formula is C24H22N4O3. The van der Waals surface area contributed by atoms with Crippen molar-refractivity contribution in [3.63, 3.8) is 0 Å². The Morgan fingerprint density at radius 2 is 1.87 bits per heavy atom. The van der Waals surface area contributed by atoms with Gasteiger partial charge in [-0.15, -0.1) is 10.2 Å². The van der Waals surface area contributed by atoms with Crippen molar-refractivity contribution in [3.8, 4) is 17.2 Å². The predicted molar refractivity (Wildman–Crippen MR) is 117 cm³/mol. The summed E-state index contributed by atoms with van der Waals surface area (Å²) in [6.07, 6.45) is 4.78. The van der Waals surface area contributed by atoms with E-state index in [1.165, 1.54) is 6.39 Å². The molecule has 7 nitrogen and oxygen atoms in total. The Morgan fingerprint density at radius 3 is 2.55 bits per heavy atom. The Kier molecular flexibility index (Phi) is 5.75. The third-order valence-corrected chi connectivity index (χ3v) is 4.92. The highest BCUT2D eigenvalue weighted by molar-refractivity contribution is 6.05. The topological polar surface area (TPSA) is 90.1 Å². The first-order valence-corrected chi connectivity index (χ1v) is 9.83. The van der Waals surface area contributed by atoms with Crippen molar-refractivity contribution < 1.29 is 13.9 Å². The van der Waals surface area contributed by atoms with Gasteiger partial charge >= 0.3 is 0 Å². The molecule has 4 rings (SSSR count). The first kappa shape index (κ1) is 20.3. The van der Waals surface area contributed by atoms with E-state index in [-0.39, 0.29) is 5.91 Å². The van der Waals surface area contributed by atoms with Crippen LogP contribution in [0.2, 0.25) is 0 Å².